The van der Waals surface area contributed by atoms with Gasteiger partial charge in [0.05, 0.1) is 4.88 Å². The molecule has 1 aromatic rings. The maximum absolute atomic E-state index is 6.72. The van der Waals surface area contributed by atoms with Crippen molar-refractivity contribution in [3.8, 4) is 11.8 Å². The van der Waals surface area contributed by atoms with Crippen molar-refractivity contribution >= 4 is 41.4 Å². The van der Waals surface area contributed by atoms with Gasteiger partial charge in [-0.15, -0.1) is 11.3 Å². The molecule has 0 spiro atoms. The number of halogens is 1. The summed E-state index contributed by atoms with van der Waals surface area (Å²) < 4.78 is 1.51. The Morgan fingerprint density at radius 2 is 1.80 bits per heavy atom. The molecule has 112 valence electrons. The number of rotatable bonds is 6. The van der Waals surface area contributed by atoms with Crippen LogP contribution >= 0.6 is 22.4 Å². The normalized spacial score (nSPS) is 12.1. The van der Waals surface area contributed by atoms with Crippen molar-refractivity contribution in [1.82, 2.24) is 0 Å². The summed E-state index contributed by atoms with van der Waals surface area (Å²) in [5.41, 5.74) is 0. The molecular weight excluding hydrogens is 316 g/mol. The van der Waals surface area contributed by atoms with Crippen LogP contribution in [0.3, 0.4) is 0 Å². The lowest BCUT2D eigenvalue weighted by atomic mass is 10.2. The average molecular weight is 343 g/mol. The summed E-state index contributed by atoms with van der Waals surface area (Å²) in [6.07, 6.45) is 6.21. The van der Waals surface area contributed by atoms with Crippen LogP contribution in [-0.2, 0) is 0 Å². The molecule has 0 aliphatic carbocycles. The van der Waals surface area contributed by atoms with Gasteiger partial charge in [0.1, 0.15) is 14.5 Å². The van der Waals surface area contributed by atoms with Crippen LogP contribution in [0.2, 0.25) is 26.2 Å². The zero-order chi connectivity index (χ0) is 15.2. The maximum Gasteiger partial charge on any atom is 0.147 e. The second kappa shape index (κ2) is 7.84. The minimum absolute atomic E-state index is 1.03. The van der Waals surface area contributed by atoms with Crippen molar-refractivity contribution in [2.75, 3.05) is 0 Å². The average Bonchev–Trinajstić information content (AvgIpc) is 2.81. The Morgan fingerprint density at radius 1 is 1.10 bits per heavy atom. The van der Waals surface area contributed by atoms with Crippen LogP contribution in [-0.4, -0.2) is 14.5 Å². The Hall–Kier alpha value is -0.0162. The topological polar surface area (TPSA) is 0 Å². The van der Waals surface area contributed by atoms with Crippen LogP contribution in [0.4, 0.5) is 0 Å². The third kappa shape index (κ3) is 5.07. The third-order valence-electron chi connectivity index (χ3n) is 4.08. The number of hydrogen-bond donors (Lipinski definition) is 0. The van der Waals surface area contributed by atoms with E-state index in [1.54, 1.807) is 0 Å². The molecule has 0 unspecified atom stereocenters. The SMILES string of the molecule is CCCCCCC#Cc1ccc([Si](C)(C)[Si](C)(C)Cl)s1. The van der Waals surface area contributed by atoms with Gasteiger partial charge in [0.15, 0.2) is 0 Å². The molecule has 1 heterocycles. The Labute approximate surface area is 135 Å². The van der Waals surface area contributed by atoms with Gasteiger partial charge in [0.25, 0.3) is 0 Å². The van der Waals surface area contributed by atoms with E-state index in [0.717, 1.165) is 6.42 Å². The summed E-state index contributed by atoms with van der Waals surface area (Å²) >= 11 is 8.59. The zero-order valence-electron chi connectivity index (χ0n) is 13.5. The lowest BCUT2D eigenvalue weighted by Gasteiger charge is -2.31. The summed E-state index contributed by atoms with van der Waals surface area (Å²) in [5.74, 6) is 6.65. The zero-order valence-corrected chi connectivity index (χ0v) is 17.0. The molecule has 20 heavy (non-hydrogen) atoms. The molecule has 0 radical (unpaired) electrons. The first kappa shape index (κ1) is 18.0. The van der Waals surface area contributed by atoms with E-state index < -0.39 is 14.5 Å². The van der Waals surface area contributed by atoms with Crippen LogP contribution in [0.15, 0.2) is 12.1 Å². The van der Waals surface area contributed by atoms with Gasteiger partial charge in [-0.2, -0.15) is 11.1 Å². The second-order valence-corrected chi connectivity index (χ2v) is 25.8. The summed E-state index contributed by atoms with van der Waals surface area (Å²) in [6, 6.07) is 4.46. The van der Waals surface area contributed by atoms with E-state index in [-0.39, 0.29) is 0 Å². The Kier molecular flexibility index (Phi) is 7.07. The predicted octanol–water partition coefficient (Wildman–Crippen LogP) is 5.51. The fourth-order valence-corrected chi connectivity index (χ4v) is 11.1. The van der Waals surface area contributed by atoms with Gasteiger partial charge in [0.2, 0.25) is 0 Å². The first-order valence-electron chi connectivity index (χ1n) is 7.57. The molecule has 0 atom stereocenters. The second-order valence-electron chi connectivity index (χ2n) is 6.37. The highest BCUT2D eigenvalue weighted by Gasteiger charge is 2.42. The minimum Gasteiger partial charge on any atom is -0.171 e. The molecule has 1 rings (SSSR count). The van der Waals surface area contributed by atoms with Gasteiger partial charge in [-0.25, -0.2) is 0 Å². The van der Waals surface area contributed by atoms with Gasteiger partial charge in [-0.3, -0.25) is 0 Å². The molecule has 0 bridgehead atoms. The molecule has 0 aromatic carbocycles. The first-order chi connectivity index (χ1) is 9.29. The van der Waals surface area contributed by atoms with Crippen molar-refractivity contribution in [1.29, 1.82) is 0 Å². The van der Waals surface area contributed by atoms with Crippen molar-refractivity contribution in [2.45, 2.75) is 65.2 Å². The molecule has 0 aliphatic rings. The Bertz CT molecular complexity index is 475. The molecule has 0 nitrogen and oxygen atoms in total. The first-order valence-corrected chi connectivity index (χ1v) is 16.4. The van der Waals surface area contributed by atoms with Crippen LogP contribution < -0.4 is 4.50 Å². The van der Waals surface area contributed by atoms with Crippen molar-refractivity contribution in [3.63, 3.8) is 0 Å². The highest BCUT2D eigenvalue weighted by molar-refractivity contribution is 7.64. The Morgan fingerprint density at radius 3 is 2.40 bits per heavy atom. The third-order valence-corrected chi connectivity index (χ3v) is 25.6. The molecule has 4 heteroatoms. The lowest BCUT2D eigenvalue weighted by Crippen LogP contribution is -2.58. The van der Waals surface area contributed by atoms with E-state index in [0.29, 0.717) is 0 Å². The van der Waals surface area contributed by atoms with Crippen LogP contribution in [0.25, 0.3) is 0 Å². The number of hydrogen-bond acceptors (Lipinski definition) is 1. The van der Waals surface area contributed by atoms with Gasteiger partial charge < -0.3 is 0 Å². The molecule has 0 fully saturated rings. The maximum atomic E-state index is 6.72. The quantitative estimate of drug-likeness (QED) is 0.277. The summed E-state index contributed by atoms with van der Waals surface area (Å²) in [4.78, 5) is 1.21. The highest BCUT2D eigenvalue weighted by atomic mass is 35.6. The summed E-state index contributed by atoms with van der Waals surface area (Å²) in [7, 11) is -1.47. The largest absolute Gasteiger partial charge is 0.171 e. The standard InChI is InChI=1S/C16H27ClSSi2/c1-6-7-8-9-10-11-12-15-13-14-16(18-15)19(2,3)20(4,5)17/h13-14H,6-10H2,1-5H3. The van der Waals surface area contributed by atoms with Gasteiger partial charge in [0, 0.05) is 6.42 Å². The highest BCUT2D eigenvalue weighted by Crippen LogP contribution is 2.25. The monoisotopic (exact) mass is 342 g/mol. The van der Waals surface area contributed by atoms with Crippen LogP contribution in [0, 0.1) is 11.8 Å². The van der Waals surface area contributed by atoms with E-state index >= 15 is 0 Å². The molecular formula is C16H27ClSSi2. The molecule has 0 aliphatic heterocycles. The van der Waals surface area contributed by atoms with Crippen molar-refractivity contribution in [2.24, 2.45) is 0 Å². The van der Waals surface area contributed by atoms with Gasteiger partial charge in [-0.05, 0) is 17.0 Å². The van der Waals surface area contributed by atoms with Gasteiger partial charge in [-0.1, -0.05) is 70.3 Å². The summed E-state index contributed by atoms with van der Waals surface area (Å²) in [6.45, 7) is 10.0. The van der Waals surface area contributed by atoms with Crippen molar-refractivity contribution in [3.05, 3.63) is 17.0 Å². The predicted molar refractivity (Wildman–Crippen MR) is 100 cm³/mol. The fraction of sp³-hybridized carbons (Fsp3) is 0.625. The fourth-order valence-electron chi connectivity index (χ4n) is 1.82. The van der Waals surface area contributed by atoms with E-state index in [1.807, 2.05) is 11.3 Å². The smallest absolute Gasteiger partial charge is 0.147 e. The minimum atomic E-state index is -1.59. The Balaban J connectivity index is 2.63. The van der Waals surface area contributed by atoms with E-state index in [1.165, 1.54) is 35.1 Å². The van der Waals surface area contributed by atoms with Crippen LogP contribution in [0.5, 0.6) is 0 Å². The van der Waals surface area contributed by atoms with Crippen LogP contribution in [0.1, 0.15) is 43.9 Å². The lowest BCUT2D eigenvalue weighted by molar-refractivity contribution is 0.679. The molecule has 0 amide bonds. The van der Waals surface area contributed by atoms with Crippen molar-refractivity contribution < 1.29 is 0 Å². The molecule has 0 N–H and O–H groups in total. The van der Waals surface area contributed by atoms with E-state index in [9.17, 15) is 0 Å². The molecule has 0 saturated carbocycles. The van der Waals surface area contributed by atoms with E-state index in [2.05, 4.69) is 57.1 Å². The summed E-state index contributed by atoms with van der Waals surface area (Å²) in [5, 5.41) is 0. The molecule has 0 saturated heterocycles. The van der Waals surface area contributed by atoms with E-state index in [4.69, 9.17) is 11.1 Å². The number of thiophene rings is 1. The number of unbranched alkanes of at least 4 members (excludes halogenated alkanes) is 4. The van der Waals surface area contributed by atoms with Gasteiger partial charge >= 0.3 is 0 Å². The molecule has 1 aromatic heterocycles.